The zero-order valence-electron chi connectivity index (χ0n) is 12.5. The van der Waals surface area contributed by atoms with Gasteiger partial charge in [0.15, 0.2) is 0 Å². The number of nitrogens with two attached hydrogens (primary N) is 1. The van der Waals surface area contributed by atoms with Gasteiger partial charge in [0.1, 0.15) is 11.8 Å². The highest BCUT2D eigenvalue weighted by molar-refractivity contribution is 5.15. The summed E-state index contributed by atoms with van der Waals surface area (Å²) in [6.07, 6.45) is 7.51. The van der Waals surface area contributed by atoms with Gasteiger partial charge in [0, 0.05) is 13.0 Å². The highest BCUT2D eigenvalue weighted by atomic mass is 16.5. The first-order chi connectivity index (χ1) is 9.03. The third kappa shape index (κ3) is 3.12. The number of rotatable bonds is 5. The minimum Gasteiger partial charge on any atom is -0.496 e. The van der Waals surface area contributed by atoms with Crippen LogP contribution in [0.3, 0.4) is 0 Å². The SMILES string of the molecule is CCOC1(C(NN)C2=CCCO2)CCC(C)(C)CC1. The molecule has 2 rings (SSSR count). The average Bonchev–Trinajstić information content (AvgIpc) is 2.88. The van der Waals surface area contributed by atoms with Crippen molar-refractivity contribution in [3.63, 3.8) is 0 Å². The first-order valence-electron chi connectivity index (χ1n) is 7.46. The van der Waals surface area contributed by atoms with E-state index in [9.17, 15) is 0 Å². The lowest BCUT2D eigenvalue weighted by Crippen LogP contribution is -2.58. The van der Waals surface area contributed by atoms with Crippen LogP contribution < -0.4 is 11.3 Å². The van der Waals surface area contributed by atoms with Gasteiger partial charge in [-0.15, -0.1) is 0 Å². The van der Waals surface area contributed by atoms with Crippen molar-refractivity contribution in [1.82, 2.24) is 5.43 Å². The van der Waals surface area contributed by atoms with Crippen molar-refractivity contribution in [2.75, 3.05) is 13.2 Å². The molecule has 1 saturated carbocycles. The van der Waals surface area contributed by atoms with Crippen molar-refractivity contribution >= 4 is 0 Å². The predicted molar refractivity (Wildman–Crippen MR) is 76.4 cm³/mol. The third-order valence-electron chi connectivity index (χ3n) is 4.59. The molecular formula is C15H28N2O2. The molecule has 110 valence electrons. The fourth-order valence-corrected chi connectivity index (χ4v) is 3.29. The summed E-state index contributed by atoms with van der Waals surface area (Å²) in [6.45, 7) is 8.20. The molecule has 0 spiro atoms. The Kier molecular flexibility index (Phi) is 4.54. The van der Waals surface area contributed by atoms with Gasteiger partial charge in [-0.2, -0.15) is 0 Å². The zero-order chi connectivity index (χ0) is 13.9. The molecule has 1 atom stereocenters. The number of hydrazine groups is 1. The quantitative estimate of drug-likeness (QED) is 0.594. The second-order valence-corrected chi connectivity index (χ2v) is 6.51. The summed E-state index contributed by atoms with van der Waals surface area (Å²) in [5, 5.41) is 0. The molecule has 0 saturated heterocycles. The zero-order valence-corrected chi connectivity index (χ0v) is 12.5. The number of hydrogen-bond acceptors (Lipinski definition) is 4. The van der Waals surface area contributed by atoms with Crippen LogP contribution in [0.25, 0.3) is 0 Å². The minimum atomic E-state index is -0.213. The Morgan fingerprint density at radius 1 is 1.37 bits per heavy atom. The van der Waals surface area contributed by atoms with E-state index in [4.69, 9.17) is 15.3 Å². The minimum absolute atomic E-state index is 0.0222. The Labute approximate surface area is 116 Å². The molecule has 4 nitrogen and oxygen atoms in total. The fraction of sp³-hybridized carbons (Fsp3) is 0.867. The van der Waals surface area contributed by atoms with Crippen LogP contribution in [0.4, 0.5) is 0 Å². The van der Waals surface area contributed by atoms with Crippen molar-refractivity contribution in [3.05, 3.63) is 11.8 Å². The summed E-state index contributed by atoms with van der Waals surface area (Å²) in [4.78, 5) is 0. The summed E-state index contributed by atoms with van der Waals surface area (Å²) in [7, 11) is 0. The Balaban J connectivity index is 2.18. The molecule has 1 unspecified atom stereocenters. The molecule has 1 aliphatic carbocycles. The molecule has 0 amide bonds. The molecular weight excluding hydrogens is 240 g/mol. The van der Waals surface area contributed by atoms with Gasteiger partial charge in [-0.3, -0.25) is 5.84 Å². The molecule has 0 bridgehead atoms. The van der Waals surface area contributed by atoms with E-state index in [0.717, 1.165) is 31.6 Å². The van der Waals surface area contributed by atoms with Crippen LogP contribution in [-0.2, 0) is 9.47 Å². The van der Waals surface area contributed by atoms with Crippen molar-refractivity contribution in [2.45, 2.75) is 64.5 Å². The average molecular weight is 268 g/mol. The van der Waals surface area contributed by atoms with Gasteiger partial charge in [-0.05, 0) is 44.1 Å². The molecule has 3 N–H and O–H groups in total. The molecule has 4 heteroatoms. The summed E-state index contributed by atoms with van der Waals surface area (Å²) >= 11 is 0. The van der Waals surface area contributed by atoms with Gasteiger partial charge >= 0.3 is 0 Å². The van der Waals surface area contributed by atoms with Crippen molar-refractivity contribution in [1.29, 1.82) is 0 Å². The summed E-state index contributed by atoms with van der Waals surface area (Å²) in [5.41, 5.74) is 3.14. The van der Waals surface area contributed by atoms with Gasteiger partial charge in [0.05, 0.1) is 12.2 Å². The van der Waals surface area contributed by atoms with Crippen LogP contribution in [-0.4, -0.2) is 24.9 Å². The van der Waals surface area contributed by atoms with Crippen molar-refractivity contribution in [2.24, 2.45) is 11.3 Å². The molecule has 0 aromatic heterocycles. The van der Waals surface area contributed by atoms with E-state index in [1.54, 1.807) is 0 Å². The number of nitrogens with one attached hydrogen (secondary N) is 1. The molecule has 0 aromatic carbocycles. The highest BCUT2D eigenvalue weighted by Crippen LogP contribution is 2.45. The van der Waals surface area contributed by atoms with Crippen molar-refractivity contribution < 1.29 is 9.47 Å². The predicted octanol–water partition coefficient (Wildman–Crippen LogP) is 2.50. The van der Waals surface area contributed by atoms with Crippen LogP contribution in [0.5, 0.6) is 0 Å². The van der Waals surface area contributed by atoms with Crippen LogP contribution in [0.15, 0.2) is 11.8 Å². The molecule has 0 radical (unpaired) electrons. The van der Waals surface area contributed by atoms with Gasteiger partial charge in [0.2, 0.25) is 0 Å². The van der Waals surface area contributed by atoms with E-state index < -0.39 is 0 Å². The summed E-state index contributed by atoms with van der Waals surface area (Å²) in [5.74, 6) is 6.78. The molecule has 2 aliphatic rings. The Morgan fingerprint density at radius 2 is 2.05 bits per heavy atom. The second kappa shape index (κ2) is 5.81. The van der Waals surface area contributed by atoms with Crippen LogP contribution in [0.1, 0.15) is 52.9 Å². The van der Waals surface area contributed by atoms with E-state index in [1.165, 1.54) is 12.8 Å². The maximum Gasteiger partial charge on any atom is 0.113 e. The highest BCUT2D eigenvalue weighted by Gasteiger charge is 2.46. The fourth-order valence-electron chi connectivity index (χ4n) is 3.29. The Hall–Kier alpha value is -0.580. The first-order valence-corrected chi connectivity index (χ1v) is 7.46. The van der Waals surface area contributed by atoms with E-state index in [-0.39, 0.29) is 11.6 Å². The topological polar surface area (TPSA) is 56.5 Å². The lowest BCUT2D eigenvalue weighted by atomic mass is 9.68. The molecule has 1 heterocycles. The number of hydrogen-bond donors (Lipinski definition) is 2. The lowest BCUT2D eigenvalue weighted by molar-refractivity contribution is -0.106. The second-order valence-electron chi connectivity index (χ2n) is 6.51. The van der Waals surface area contributed by atoms with Gasteiger partial charge in [-0.25, -0.2) is 5.43 Å². The maximum atomic E-state index is 6.17. The normalized spacial score (nSPS) is 26.6. The van der Waals surface area contributed by atoms with Crippen molar-refractivity contribution in [3.8, 4) is 0 Å². The van der Waals surface area contributed by atoms with E-state index >= 15 is 0 Å². The third-order valence-corrected chi connectivity index (χ3v) is 4.59. The van der Waals surface area contributed by atoms with Gasteiger partial charge in [0.25, 0.3) is 0 Å². The van der Waals surface area contributed by atoms with Gasteiger partial charge in [-0.1, -0.05) is 13.8 Å². The van der Waals surface area contributed by atoms with E-state index in [0.29, 0.717) is 12.0 Å². The summed E-state index contributed by atoms with van der Waals surface area (Å²) < 4.78 is 11.9. The van der Waals surface area contributed by atoms with Crippen LogP contribution >= 0.6 is 0 Å². The Bertz CT molecular complexity index is 329. The standard InChI is InChI=1S/C15H28N2O2/c1-4-19-15(9-7-14(2,3)8-10-15)13(17-16)12-6-5-11-18-12/h6,13,17H,4-5,7-11,16H2,1-3H3. The van der Waals surface area contributed by atoms with Gasteiger partial charge < -0.3 is 9.47 Å². The molecule has 1 fully saturated rings. The van der Waals surface area contributed by atoms with E-state index in [1.807, 2.05) is 0 Å². The Morgan fingerprint density at radius 3 is 2.53 bits per heavy atom. The lowest BCUT2D eigenvalue weighted by Gasteiger charge is -2.47. The van der Waals surface area contributed by atoms with Crippen LogP contribution in [0.2, 0.25) is 0 Å². The molecule has 19 heavy (non-hydrogen) atoms. The number of ether oxygens (including phenoxy) is 2. The smallest absolute Gasteiger partial charge is 0.113 e. The molecule has 0 aromatic rings. The summed E-state index contributed by atoms with van der Waals surface area (Å²) in [6, 6.07) is -0.0222. The first kappa shape index (κ1) is 14.8. The van der Waals surface area contributed by atoms with Crippen LogP contribution in [0, 0.1) is 5.41 Å². The molecule has 1 aliphatic heterocycles. The largest absolute Gasteiger partial charge is 0.496 e. The maximum absolute atomic E-state index is 6.17. The monoisotopic (exact) mass is 268 g/mol. The van der Waals surface area contributed by atoms with E-state index in [2.05, 4.69) is 32.3 Å².